The van der Waals surface area contributed by atoms with Gasteiger partial charge in [-0.3, -0.25) is 0 Å². The van der Waals surface area contributed by atoms with E-state index >= 15 is 0 Å². The molecule has 1 aromatic carbocycles. The second kappa shape index (κ2) is 9.70. The van der Waals surface area contributed by atoms with Crippen LogP contribution in [0, 0.1) is 6.92 Å². The number of ether oxygens (including phenoxy) is 1. The maximum Gasteiger partial charge on any atom is 0.240 e. The number of aryl methyl sites for hydroxylation is 1. The van der Waals surface area contributed by atoms with E-state index in [9.17, 15) is 8.42 Å². The van der Waals surface area contributed by atoms with Crippen LogP contribution in [0.15, 0.2) is 27.6 Å². The van der Waals surface area contributed by atoms with E-state index < -0.39 is 10.0 Å². The van der Waals surface area contributed by atoms with Crippen molar-refractivity contribution in [1.29, 1.82) is 0 Å². The molecule has 0 aliphatic heterocycles. The first-order valence-corrected chi connectivity index (χ1v) is 8.20. The molecule has 116 valence electrons. The zero-order chi connectivity index (χ0) is 14.3. The molecular weight excluding hydrogens is 368 g/mol. The van der Waals surface area contributed by atoms with Gasteiger partial charge in [-0.2, -0.15) is 0 Å². The molecule has 0 saturated carbocycles. The first-order chi connectivity index (χ1) is 8.95. The molecule has 0 amide bonds. The van der Waals surface area contributed by atoms with Gasteiger partial charge < -0.3 is 10.1 Å². The predicted octanol–water partition coefficient (Wildman–Crippen LogP) is 1.69. The predicted molar refractivity (Wildman–Crippen MR) is 86.1 cm³/mol. The molecule has 0 fully saturated rings. The number of hydrogen-bond donors (Lipinski definition) is 2. The van der Waals surface area contributed by atoms with Gasteiger partial charge in [-0.05, 0) is 30.7 Å². The van der Waals surface area contributed by atoms with Crippen LogP contribution in [0.3, 0.4) is 0 Å². The van der Waals surface area contributed by atoms with Gasteiger partial charge in [0.25, 0.3) is 0 Å². The molecule has 20 heavy (non-hydrogen) atoms. The molecule has 0 atom stereocenters. The molecular formula is C12H20BrClN2O3S. The number of halogens is 2. The second-order valence-corrected chi connectivity index (χ2v) is 6.79. The Balaban J connectivity index is 0.00000361. The van der Waals surface area contributed by atoms with Crippen molar-refractivity contribution in [2.75, 3.05) is 33.4 Å². The smallest absolute Gasteiger partial charge is 0.240 e. The van der Waals surface area contributed by atoms with Crippen LogP contribution in [0.1, 0.15) is 5.56 Å². The molecule has 0 saturated heterocycles. The fraction of sp³-hybridized carbons (Fsp3) is 0.500. The second-order valence-electron chi connectivity index (χ2n) is 4.10. The molecule has 1 aromatic rings. The van der Waals surface area contributed by atoms with Crippen LogP contribution in [0.2, 0.25) is 0 Å². The zero-order valence-electron chi connectivity index (χ0n) is 11.5. The van der Waals surface area contributed by atoms with Crippen molar-refractivity contribution in [3.05, 3.63) is 28.2 Å². The molecule has 0 heterocycles. The van der Waals surface area contributed by atoms with Crippen molar-refractivity contribution in [2.24, 2.45) is 0 Å². The molecule has 8 heteroatoms. The van der Waals surface area contributed by atoms with Crippen molar-refractivity contribution >= 4 is 38.4 Å². The minimum absolute atomic E-state index is 0. The van der Waals surface area contributed by atoms with Gasteiger partial charge in [-0.25, -0.2) is 13.1 Å². The Morgan fingerprint density at radius 2 is 1.90 bits per heavy atom. The van der Waals surface area contributed by atoms with Crippen LogP contribution in [0.4, 0.5) is 0 Å². The monoisotopic (exact) mass is 386 g/mol. The Kier molecular flexibility index (Phi) is 9.61. The molecule has 0 unspecified atom stereocenters. The van der Waals surface area contributed by atoms with Gasteiger partial charge in [0.1, 0.15) is 0 Å². The quantitative estimate of drug-likeness (QED) is 0.666. The Hall–Kier alpha value is -0.180. The van der Waals surface area contributed by atoms with E-state index in [0.717, 1.165) is 10.0 Å². The van der Waals surface area contributed by atoms with Gasteiger partial charge in [0, 0.05) is 31.2 Å². The Labute approximate surface area is 135 Å². The van der Waals surface area contributed by atoms with E-state index in [1.54, 1.807) is 19.2 Å². The number of nitrogens with one attached hydrogen (secondary N) is 2. The Bertz CT molecular complexity index is 491. The molecule has 5 nitrogen and oxygen atoms in total. The first kappa shape index (κ1) is 19.8. The highest BCUT2D eigenvalue weighted by Crippen LogP contribution is 2.18. The SMILES string of the molecule is COCCNCCNS(=O)(=O)c1cc(C)cc(Br)c1.Cl. The van der Waals surface area contributed by atoms with Crippen LogP contribution < -0.4 is 10.0 Å². The first-order valence-electron chi connectivity index (χ1n) is 5.92. The maximum absolute atomic E-state index is 12.0. The Morgan fingerprint density at radius 3 is 2.50 bits per heavy atom. The summed E-state index contributed by atoms with van der Waals surface area (Å²) in [6.45, 7) is 4.08. The van der Waals surface area contributed by atoms with Crippen LogP contribution in [0.5, 0.6) is 0 Å². The van der Waals surface area contributed by atoms with E-state index in [2.05, 4.69) is 26.0 Å². The minimum atomic E-state index is -3.45. The van der Waals surface area contributed by atoms with Crippen LogP contribution in [0.25, 0.3) is 0 Å². The molecule has 0 aliphatic carbocycles. The van der Waals surface area contributed by atoms with Crippen molar-refractivity contribution < 1.29 is 13.2 Å². The van der Waals surface area contributed by atoms with Crippen LogP contribution in [-0.2, 0) is 14.8 Å². The summed E-state index contributed by atoms with van der Waals surface area (Å²) in [7, 11) is -1.82. The third-order valence-electron chi connectivity index (χ3n) is 2.40. The van der Waals surface area contributed by atoms with E-state index in [4.69, 9.17) is 4.74 Å². The highest BCUT2D eigenvalue weighted by Gasteiger charge is 2.14. The van der Waals surface area contributed by atoms with E-state index in [-0.39, 0.29) is 17.3 Å². The van der Waals surface area contributed by atoms with Crippen LogP contribution in [-0.4, -0.2) is 41.8 Å². The largest absolute Gasteiger partial charge is 0.383 e. The van der Waals surface area contributed by atoms with Gasteiger partial charge in [-0.15, -0.1) is 12.4 Å². The minimum Gasteiger partial charge on any atom is -0.383 e. The average molecular weight is 388 g/mol. The summed E-state index contributed by atoms with van der Waals surface area (Å²) in [5.74, 6) is 0. The van der Waals surface area contributed by atoms with Crippen molar-refractivity contribution in [3.8, 4) is 0 Å². The summed E-state index contributed by atoms with van der Waals surface area (Å²) in [4.78, 5) is 0.274. The number of hydrogen-bond acceptors (Lipinski definition) is 4. The topological polar surface area (TPSA) is 67.4 Å². The van der Waals surface area contributed by atoms with Gasteiger partial charge in [0.15, 0.2) is 0 Å². The lowest BCUT2D eigenvalue weighted by Crippen LogP contribution is -2.33. The molecule has 0 aliphatic rings. The number of rotatable bonds is 8. The molecule has 1 rings (SSSR count). The molecule has 0 bridgehead atoms. The zero-order valence-corrected chi connectivity index (χ0v) is 14.7. The standard InChI is InChI=1S/C12H19BrN2O3S.ClH/c1-10-7-11(13)9-12(8-10)19(16,17)15-4-3-14-5-6-18-2;/h7-9,14-15H,3-6H2,1-2H3;1H. The normalized spacial score (nSPS) is 11.2. The molecule has 0 aromatic heterocycles. The molecule has 0 radical (unpaired) electrons. The van der Waals surface area contributed by atoms with Crippen molar-refractivity contribution in [2.45, 2.75) is 11.8 Å². The maximum atomic E-state index is 12.0. The molecule has 2 N–H and O–H groups in total. The van der Waals surface area contributed by atoms with E-state index in [0.29, 0.717) is 26.2 Å². The third kappa shape index (κ3) is 7.01. The third-order valence-corrected chi connectivity index (χ3v) is 4.30. The molecule has 0 spiro atoms. The summed E-state index contributed by atoms with van der Waals surface area (Å²) >= 11 is 3.30. The highest BCUT2D eigenvalue weighted by atomic mass is 79.9. The van der Waals surface area contributed by atoms with Crippen molar-refractivity contribution in [3.63, 3.8) is 0 Å². The summed E-state index contributed by atoms with van der Waals surface area (Å²) in [6.07, 6.45) is 0. The van der Waals surface area contributed by atoms with Gasteiger partial charge >= 0.3 is 0 Å². The number of methoxy groups -OCH3 is 1. The summed E-state index contributed by atoms with van der Waals surface area (Å²) in [5.41, 5.74) is 0.896. The van der Waals surface area contributed by atoms with Gasteiger partial charge in [-0.1, -0.05) is 15.9 Å². The Morgan fingerprint density at radius 1 is 1.20 bits per heavy atom. The fourth-order valence-electron chi connectivity index (χ4n) is 1.51. The van der Waals surface area contributed by atoms with Gasteiger partial charge in [0.05, 0.1) is 11.5 Å². The van der Waals surface area contributed by atoms with E-state index in [1.165, 1.54) is 0 Å². The summed E-state index contributed by atoms with van der Waals surface area (Å²) < 4.78 is 32.3. The number of benzene rings is 1. The highest BCUT2D eigenvalue weighted by molar-refractivity contribution is 9.10. The van der Waals surface area contributed by atoms with E-state index in [1.807, 2.05) is 13.0 Å². The van der Waals surface area contributed by atoms with Crippen LogP contribution >= 0.6 is 28.3 Å². The summed E-state index contributed by atoms with van der Waals surface area (Å²) in [5, 5.41) is 3.07. The van der Waals surface area contributed by atoms with Crippen molar-refractivity contribution in [1.82, 2.24) is 10.0 Å². The lowest BCUT2D eigenvalue weighted by atomic mass is 10.2. The average Bonchev–Trinajstić information content (AvgIpc) is 2.32. The fourth-order valence-corrected chi connectivity index (χ4v) is 3.43. The van der Waals surface area contributed by atoms with Gasteiger partial charge in [0.2, 0.25) is 10.0 Å². The lowest BCUT2D eigenvalue weighted by Gasteiger charge is -2.09. The summed E-state index contributed by atoms with van der Waals surface area (Å²) in [6, 6.07) is 5.10. The lowest BCUT2D eigenvalue weighted by molar-refractivity contribution is 0.199. The number of sulfonamides is 1.